The number of likely N-dealkylation sites (tertiary alicyclic amines) is 1. The standard InChI is InChI=1S/C24H26FN5O3/c25-24(15-7-2-1-3-8-15)13-19(24)29-23(33)18-11-6-12-30(18)20(31)14-28-17-10-5-4-9-16(17)21(26)22(27)32/h1-5,7-10,18-19,26,28H,6,11-14H2,(H2,27,32)(H,29,33)/p+1/t18-,19?,24?/m0/s1. The largest absolute Gasteiger partial charge is 0.375 e. The van der Waals surface area contributed by atoms with Crippen molar-refractivity contribution in [1.29, 1.82) is 0 Å². The highest BCUT2D eigenvalue weighted by Crippen LogP contribution is 2.49. The summed E-state index contributed by atoms with van der Waals surface area (Å²) in [6, 6.07) is 14.3. The predicted molar refractivity (Wildman–Crippen MR) is 121 cm³/mol. The maximum Gasteiger partial charge on any atom is 0.313 e. The fourth-order valence-corrected chi connectivity index (χ4v) is 4.32. The van der Waals surface area contributed by atoms with Crippen LogP contribution in [-0.4, -0.2) is 53.5 Å². The molecule has 3 amide bonds. The Morgan fingerprint density at radius 2 is 1.82 bits per heavy atom. The number of anilines is 1. The van der Waals surface area contributed by atoms with Gasteiger partial charge in [0.1, 0.15) is 6.04 Å². The van der Waals surface area contributed by atoms with Crippen molar-refractivity contribution in [2.75, 3.05) is 18.4 Å². The van der Waals surface area contributed by atoms with Gasteiger partial charge in [-0.2, -0.15) is 0 Å². The molecule has 0 bridgehead atoms. The molecule has 1 heterocycles. The van der Waals surface area contributed by atoms with Crippen LogP contribution in [-0.2, 0) is 20.1 Å². The van der Waals surface area contributed by atoms with Crippen LogP contribution in [0.5, 0.6) is 0 Å². The van der Waals surface area contributed by atoms with Crippen LogP contribution in [0.3, 0.4) is 0 Å². The third kappa shape index (κ3) is 4.57. The molecule has 1 aliphatic carbocycles. The third-order valence-electron chi connectivity index (χ3n) is 6.25. The molecule has 0 spiro atoms. The van der Waals surface area contributed by atoms with Gasteiger partial charge in [-0.1, -0.05) is 42.5 Å². The Labute approximate surface area is 190 Å². The first-order valence-electron chi connectivity index (χ1n) is 10.9. The van der Waals surface area contributed by atoms with Gasteiger partial charge in [0.05, 0.1) is 18.2 Å². The summed E-state index contributed by atoms with van der Waals surface area (Å²) in [7, 11) is 0. The second kappa shape index (κ2) is 9.01. The van der Waals surface area contributed by atoms with Crippen molar-refractivity contribution in [2.45, 2.75) is 37.0 Å². The predicted octanol–water partition coefficient (Wildman–Crippen LogP) is -0.123. The molecule has 8 nitrogen and oxygen atoms in total. The van der Waals surface area contributed by atoms with E-state index in [1.807, 2.05) is 6.07 Å². The first-order chi connectivity index (χ1) is 15.8. The molecule has 2 aromatic carbocycles. The van der Waals surface area contributed by atoms with E-state index in [2.05, 4.69) is 10.6 Å². The SMILES string of the molecule is NC(=O)C(=[NH2+])c1ccccc1NCC(=O)N1CCC[C@H]1C(=O)NC1CC1(F)c1ccccc1. The number of nitrogens with one attached hydrogen (secondary N) is 2. The molecule has 33 heavy (non-hydrogen) atoms. The van der Waals surface area contributed by atoms with Gasteiger partial charge in [0.2, 0.25) is 11.8 Å². The van der Waals surface area contributed by atoms with Gasteiger partial charge in [-0.05, 0) is 30.5 Å². The van der Waals surface area contributed by atoms with E-state index in [0.717, 1.165) is 0 Å². The van der Waals surface area contributed by atoms with E-state index in [-0.39, 0.29) is 30.5 Å². The summed E-state index contributed by atoms with van der Waals surface area (Å²) < 4.78 is 15.1. The molecule has 6 N–H and O–H groups in total. The fraction of sp³-hybridized carbons (Fsp3) is 0.333. The van der Waals surface area contributed by atoms with E-state index in [1.54, 1.807) is 48.5 Å². The molecule has 172 valence electrons. The molecular weight excluding hydrogens is 425 g/mol. The highest BCUT2D eigenvalue weighted by Gasteiger charge is 2.58. The number of carbonyl (C=O) groups excluding carboxylic acids is 3. The van der Waals surface area contributed by atoms with E-state index in [9.17, 15) is 14.4 Å². The van der Waals surface area contributed by atoms with Crippen LogP contribution in [0.15, 0.2) is 54.6 Å². The number of hydrogen-bond acceptors (Lipinski definition) is 4. The van der Waals surface area contributed by atoms with Crippen molar-refractivity contribution >= 4 is 29.1 Å². The lowest BCUT2D eigenvalue weighted by Crippen LogP contribution is -2.49. The van der Waals surface area contributed by atoms with Crippen LogP contribution >= 0.6 is 0 Å². The first kappa shape index (κ1) is 22.4. The number of nitrogens with two attached hydrogens (primary N) is 2. The maximum atomic E-state index is 15.1. The monoisotopic (exact) mass is 452 g/mol. The summed E-state index contributed by atoms with van der Waals surface area (Å²) in [5.41, 5.74) is 5.04. The zero-order valence-electron chi connectivity index (χ0n) is 18.1. The van der Waals surface area contributed by atoms with Crippen molar-refractivity contribution in [1.82, 2.24) is 10.2 Å². The van der Waals surface area contributed by atoms with Crippen molar-refractivity contribution in [3.63, 3.8) is 0 Å². The number of para-hydroxylation sites is 1. The number of nitrogens with zero attached hydrogens (tertiary/aromatic N) is 1. The summed E-state index contributed by atoms with van der Waals surface area (Å²) in [5.74, 6) is -1.37. The normalized spacial score (nSPS) is 23.6. The molecule has 3 atom stereocenters. The zero-order valence-corrected chi connectivity index (χ0v) is 18.1. The van der Waals surface area contributed by atoms with E-state index < -0.39 is 23.7 Å². The fourth-order valence-electron chi connectivity index (χ4n) is 4.32. The smallest absolute Gasteiger partial charge is 0.313 e. The lowest BCUT2D eigenvalue weighted by molar-refractivity contribution is -0.137. The highest BCUT2D eigenvalue weighted by atomic mass is 19.1. The number of amides is 3. The number of alkyl halides is 1. The Kier molecular flexibility index (Phi) is 6.13. The number of halogens is 1. The number of primary amides is 1. The van der Waals surface area contributed by atoms with Crippen molar-refractivity contribution < 1.29 is 24.2 Å². The molecule has 0 radical (unpaired) electrons. The van der Waals surface area contributed by atoms with Gasteiger partial charge in [-0.25, -0.2) is 9.80 Å². The molecule has 2 aromatic rings. The Bertz CT molecular complexity index is 1090. The molecule has 2 unspecified atom stereocenters. The molecular formula is C24H27FN5O3+. The molecule has 0 aromatic heterocycles. The minimum absolute atomic E-state index is 0.0900. The Morgan fingerprint density at radius 1 is 1.12 bits per heavy atom. The van der Waals surface area contributed by atoms with Crippen LogP contribution in [0.25, 0.3) is 0 Å². The number of benzene rings is 2. The average Bonchev–Trinajstić information content (AvgIpc) is 3.23. The third-order valence-corrected chi connectivity index (χ3v) is 6.25. The molecule has 1 aliphatic heterocycles. The number of rotatable bonds is 8. The van der Waals surface area contributed by atoms with Gasteiger partial charge >= 0.3 is 5.91 Å². The van der Waals surface area contributed by atoms with E-state index in [0.29, 0.717) is 36.2 Å². The topological polar surface area (TPSA) is 130 Å². The number of hydrogen-bond donors (Lipinski definition) is 4. The second-order valence-electron chi connectivity index (χ2n) is 8.42. The lowest BCUT2D eigenvalue weighted by atomic mass is 10.1. The summed E-state index contributed by atoms with van der Waals surface area (Å²) in [6.45, 7) is 0.354. The first-order valence-corrected chi connectivity index (χ1v) is 10.9. The molecule has 9 heteroatoms. The van der Waals surface area contributed by atoms with Crippen molar-refractivity contribution in [3.8, 4) is 0 Å². The van der Waals surface area contributed by atoms with E-state index in [4.69, 9.17) is 11.1 Å². The minimum atomic E-state index is -1.56. The summed E-state index contributed by atoms with van der Waals surface area (Å²) >= 11 is 0. The average molecular weight is 453 g/mol. The number of carbonyl (C=O) groups is 3. The van der Waals surface area contributed by atoms with Gasteiger partial charge < -0.3 is 21.3 Å². The van der Waals surface area contributed by atoms with Gasteiger partial charge in [-0.3, -0.25) is 14.4 Å². The molecule has 2 aliphatic rings. The van der Waals surface area contributed by atoms with Gasteiger partial charge in [0.25, 0.3) is 5.71 Å². The summed E-state index contributed by atoms with van der Waals surface area (Å²) in [4.78, 5) is 38.7. The van der Waals surface area contributed by atoms with Crippen LogP contribution in [0.4, 0.5) is 10.1 Å². The van der Waals surface area contributed by atoms with Gasteiger partial charge in [0.15, 0.2) is 5.67 Å². The molecule has 1 saturated carbocycles. The summed E-state index contributed by atoms with van der Waals surface area (Å²) in [6.07, 6.45) is 1.43. The van der Waals surface area contributed by atoms with Crippen LogP contribution < -0.4 is 21.8 Å². The van der Waals surface area contributed by atoms with E-state index >= 15 is 4.39 Å². The highest BCUT2D eigenvalue weighted by molar-refractivity contribution is 6.43. The Morgan fingerprint density at radius 3 is 2.55 bits per heavy atom. The van der Waals surface area contributed by atoms with Crippen LogP contribution in [0.1, 0.15) is 30.4 Å². The van der Waals surface area contributed by atoms with Crippen LogP contribution in [0.2, 0.25) is 0 Å². The molecule has 2 fully saturated rings. The Hall–Kier alpha value is -3.75. The zero-order chi connectivity index (χ0) is 23.6. The quantitative estimate of drug-likeness (QED) is 0.416. The lowest BCUT2D eigenvalue weighted by Gasteiger charge is -2.25. The second-order valence-corrected chi connectivity index (χ2v) is 8.42. The summed E-state index contributed by atoms with van der Waals surface area (Å²) in [5, 5.41) is 11.5. The molecule has 4 rings (SSSR count). The minimum Gasteiger partial charge on any atom is -0.375 e. The van der Waals surface area contributed by atoms with Crippen molar-refractivity contribution in [3.05, 3.63) is 65.7 Å². The maximum absolute atomic E-state index is 15.1. The van der Waals surface area contributed by atoms with Gasteiger partial charge in [0, 0.05) is 18.7 Å². The Balaban J connectivity index is 1.36. The molecule has 1 saturated heterocycles. The van der Waals surface area contributed by atoms with Crippen molar-refractivity contribution in [2.24, 2.45) is 5.73 Å². The van der Waals surface area contributed by atoms with E-state index in [1.165, 1.54) is 4.90 Å². The van der Waals surface area contributed by atoms with Crippen LogP contribution in [0, 0.1) is 0 Å². The van der Waals surface area contributed by atoms with Gasteiger partial charge in [-0.15, -0.1) is 0 Å².